The van der Waals surface area contributed by atoms with Crippen molar-refractivity contribution in [1.82, 2.24) is 10.2 Å². The number of nitrogens with zero attached hydrogens (tertiary/aromatic N) is 2. The number of aromatic nitrogens is 2. The molecule has 0 unspecified atom stereocenters. The smallest absolute Gasteiger partial charge is 0.497 e. The third kappa shape index (κ3) is 5.05. The van der Waals surface area contributed by atoms with E-state index in [1.165, 1.54) is 19.2 Å². The average Bonchev–Trinajstić information content (AvgIpc) is 2.92. The summed E-state index contributed by atoms with van der Waals surface area (Å²) in [4.78, 5) is 0. The van der Waals surface area contributed by atoms with E-state index >= 15 is 0 Å². The Morgan fingerprint density at radius 2 is 1.56 bits per heavy atom. The first-order chi connectivity index (χ1) is 18.6. The van der Waals surface area contributed by atoms with E-state index < -0.39 is 21.4 Å². The topological polar surface area (TPSA) is 90.4 Å². The van der Waals surface area contributed by atoms with Gasteiger partial charge in [-0.2, -0.15) is 21.6 Å². The van der Waals surface area contributed by atoms with Crippen LogP contribution >= 0.6 is 0 Å². The summed E-state index contributed by atoms with van der Waals surface area (Å²) in [5.74, 6) is 0.366. The minimum atomic E-state index is -5.96. The molecule has 5 rings (SSSR count). The molecule has 1 aromatic heterocycles. The SMILES string of the molecule is COc1ccc2c(N[C@H](C)c3ccccc3)nnc(-c3c(OS(=O)(=O)C(F)(F)F)ccc4ccccc34)c2c1. The first kappa shape index (κ1) is 26.2. The lowest BCUT2D eigenvalue weighted by atomic mass is 9.97. The molecule has 0 fully saturated rings. The number of hydrogen-bond donors (Lipinski definition) is 1. The highest BCUT2D eigenvalue weighted by molar-refractivity contribution is 7.88. The normalized spacial score (nSPS) is 12.8. The molecule has 200 valence electrons. The molecule has 5 aromatic rings. The van der Waals surface area contributed by atoms with Gasteiger partial charge in [-0.05, 0) is 47.5 Å². The van der Waals surface area contributed by atoms with Gasteiger partial charge in [-0.25, -0.2) is 0 Å². The van der Waals surface area contributed by atoms with Crippen molar-refractivity contribution in [2.45, 2.75) is 18.5 Å². The van der Waals surface area contributed by atoms with E-state index in [-0.39, 0.29) is 17.3 Å². The lowest BCUT2D eigenvalue weighted by Crippen LogP contribution is -2.28. The molecule has 0 bridgehead atoms. The summed E-state index contributed by atoms with van der Waals surface area (Å²) in [6.07, 6.45) is 0. The van der Waals surface area contributed by atoms with Gasteiger partial charge in [-0.15, -0.1) is 10.2 Å². The first-order valence-corrected chi connectivity index (χ1v) is 13.2. The lowest BCUT2D eigenvalue weighted by molar-refractivity contribution is -0.0499. The fourth-order valence-electron chi connectivity index (χ4n) is 4.31. The number of halogens is 3. The van der Waals surface area contributed by atoms with Gasteiger partial charge in [0.15, 0.2) is 11.6 Å². The predicted octanol–water partition coefficient (Wildman–Crippen LogP) is 6.86. The number of benzene rings is 4. The number of ether oxygens (including phenoxy) is 1. The molecule has 39 heavy (non-hydrogen) atoms. The fraction of sp³-hybridized carbons (Fsp3) is 0.143. The summed E-state index contributed by atoms with van der Waals surface area (Å²) < 4.78 is 73.9. The van der Waals surface area contributed by atoms with Crippen LogP contribution in [0.2, 0.25) is 0 Å². The molecule has 0 aliphatic carbocycles. The molecule has 1 N–H and O–H groups in total. The average molecular weight is 554 g/mol. The van der Waals surface area contributed by atoms with E-state index in [0.717, 1.165) is 5.56 Å². The summed E-state index contributed by atoms with van der Waals surface area (Å²) in [5, 5.41) is 14.2. The second-order valence-corrected chi connectivity index (χ2v) is 10.3. The van der Waals surface area contributed by atoms with Crippen molar-refractivity contribution in [3.63, 3.8) is 0 Å². The molecule has 4 aromatic carbocycles. The van der Waals surface area contributed by atoms with E-state index in [2.05, 4.69) is 19.7 Å². The number of hydrogen-bond acceptors (Lipinski definition) is 7. The molecule has 1 heterocycles. The first-order valence-electron chi connectivity index (χ1n) is 11.8. The second kappa shape index (κ2) is 10.1. The van der Waals surface area contributed by atoms with E-state index in [1.807, 2.05) is 37.3 Å². The number of rotatable bonds is 7. The lowest BCUT2D eigenvalue weighted by Gasteiger charge is -2.19. The number of alkyl halides is 3. The summed E-state index contributed by atoms with van der Waals surface area (Å²) in [5.41, 5.74) is -4.43. The molecular weight excluding hydrogens is 531 g/mol. The Balaban J connectivity index is 1.74. The molecule has 1 atom stereocenters. The minimum absolute atomic E-state index is 0.0503. The van der Waals surface area contributed by atoms with Gasteiger partial charge < -0.3 is 14.2 Å². The molecule has 0 saturated carbocycles. The molecule has 0 aliphatic heterocycles. The van der Waals surface area contributed by atoms with Crippen LogP contribution in [0.15, 0.2) is 84.9 Å². The van der Waals surface area contributed by atoms with Crippen LogP contribution in [0.25, 0.3) is 32.8 Å². The van der Waals surface area contributed by atoms with Crippen molar-refractivity contribution in [3.8, 4) is 22.8 Å². The zero-order chi connectivity index (χ0) is 27.8. The molecule has 7 nitrogen and oxygen atoms in total. The van der Waals surface area contributed by atoms with Gasteiger partial charge in [0.05, 0.1) is 18.7 Å². The summed E-state index contributed by atoms with van der Waals surface area (Å²) in [6, 6.07) is 24.2. The van der Waals surface area contributed by atoms with Gasteiger partial charge in [-0.1, -0.05) is 60.7 Å². The van der Waals surface area contributed by atoms with Crippen LogP contribution in [0.1, 0.15) is 18.5 Å². The number of methoxy groups -OCH3 is 1. The zero-order valence-corrected chi connectivity index (χ0v) is 21.5. The number of nitrogens with one attached hydrogen (secondary N) is 1. The number of fused-ring (bicyclic) bond motifs is 2. The molecule has 0 spiro atoms. The Kier molecular flexibility index (Phi) is 6.77. The molecule has 0 amide bonds. The Hall–Kier alpha value is -4.38. The molecular formula is C28H22F3N3O4S. The molecule has 0 aliphatic rings. The van der Waals surface area contributed by atoms with E-state index in [1.54, 1.807) is 42.5 Å². The van der Waals surface area contributed by atoms with Gasteiger partial charge in [0.25, 0.3) is 0 Å². The van der Waals surface area contributed by atoms with Gasteiger partial charge in [0.2, 0.25) is 0 Å². The molecule has 11 heteroatoms. The maximum Gasteiger partial charge on any atom is 0.534 e. The second-order valence-electron chi connectivity index (χ2n) is 8.73. The van der Waals surface area contributed by atoms with E-state index in [0.29, 0.717) is 33.1 Å². The quantitative estimate of drug-likeness (QED) is 0.174. The Labute approximate surface area is 222 Å². The molecule has 0 radical (unpaired) electrons. The minimum Gasteiger partial charge on any atom is -0.497 e. The van der Waals surface area contributed by atoms with Crippen LogP contribution < -0.4 is 14.2 Å². The van der Waals surface area contributed by atoms with Gasteiger partial charge >= 0.3 is 15.6 Å². The van der Waals surface area contributed by atoms with Gasteiger partial charge in [0.1, 0.15) is 11.4 Å². The van der Waals surface area contributed by atoms with Crippen LogP contribution in [0.4, 0.5) is 19.0 Å². The maximum atomic E-state index is 13.3. The van der Waals surface area contributed by atoms with Crippen molar-refractivity contribution in [2.75, 3.05) is 12.4 Å². The largest absolute Gasteiger partial charge is 0.534 e. The zero-order valence-electron chi connectivity index (χ0n) is 20.7. The summed E-state index contributed by atoms with van der Waals surface area (Å²) in [7, 11) is -4.48. The van der Waals surface area contributed by atoms with Crippen molar-refractivity contribution in [2.24, 2.45) is 0 Å². The van der Waals surface area contributed by atoms with Crippen molar-refractivity contribution in [1.29, 1.82) is 0 Å². The van der Waals surface area contributed by atoms with E-state index in [4.69, 9.17) is 4.74 Å². The monoisotopic (exact) mass is 553 g/mol. The van der Waals surface area contributed by atoms with E-state index in [9.17, 15) is 21.6 Å². The van der Waals surface area contributed by atoms with Crippen LogP contribution in [0.3, 0.4) is 0 Å². The third-order valence-electron chi connectivity index (χ3n) is 6.25. The summed E-state index contributed by atoms with van der Waals surface area (Å²) >= 11 is 0. The Morgan fingerprint density at radius 1 is 0.846 bits per heavy atom. The maximum absolute atomic E-state index is 13.3. The Bertz CT molecular complexity index is 1780. The highest BCUT2D eigenvalue weighted by atomic mass is 32.2. The van der Waals surface area contributed by atoms with Crippen molar-refractivity contribution < 1.29 is 30.5 Å². The summed E-state index contributed by atoms with van der Waals surface area (Å²) in [6.45, 7) is 1.96. The highest BCUT2D eigenvalue weighted by Gasteiger charge is 2.49. The van der Waals surface area contributed by atoms with Crippen LogP contribution in [-0.2, 0) is 10.1 Å². The van der Waals surface area contributed by atoms with Crippen LogP contribution in [0.5, 0.6) is 11.5 Å². The fourth-order valence-corrected chi connectivity index (χ4v) is 4.78. The highest BCUT2D eigenvalue weighted by Crippen LogP contribution is 2.43. The molecule has 0 saturated heterocycles. The van der Waals surface area contributed by atoms with Crippen LogP contribution in [0, 0.1) is 0 Å². The Morgan fingerprint density at radius 3 is 2.28 bits per heavy atom. The van der Waals surface area contributed by atoms with Crippen molar-refractivity contribution in [3.05, 3.63) is 90.5 Å². The number of anilines is 1. The van der Waals surface area contributed by atoms with Gasteiger partial charge in [0, 0.05) is 10.8 Å². The third-order valence-corrected chi connectivity index (χ3v) is 7.22. The van der Waals surface area contributed by atoms with Crippen LogP contribution in [-0.4, -0.2) is 31.2 Å². The standard InChI is InChI=1S/C28H22F3N3O4S/c1-17(18-8-4-3-5-9-18)32-27-22-14-13-20(37-2)16-23(22)26(33-34-27)25-21-11-7-6-10-19(21)12-15-24(25)38-39(35,36)28(29,30)31/h3-17H,1-2H3,(H,32,34)/t17-/m1/s1. The van der Waals surface area contributed by atoms with Crippen molar-refractivity contribution >= 4 is 37.5 Å². The van der Waals surface area contributed by atoms with Gasteiger partial charge in [-0.3, -0.25) is 0 Å². The predicted molar refractivity (Wildman–Crippen MR) is 143 cm³/mol.